The second-order valence-electron chi connectivity index (χ2n) is 16.2. The molecule has 0 radical (unpaired) electrons. The number of unbranched alkanes of at least 4 members (excludes halogenated alkanes) is 8. The van der Waals surface area contributed by atoms with E-state index in [1.54, 1.807) is 0 Å². The molecule has 0 spiro atoms. The highest BCUT2D eigenvalue weighted by atomic mass is 16.7. The summed E-state index contributed by atoms with van der Waals surface area (Å²) in [6, 6.07) is 0. The first kappa shape index (κ1) is 40.4. The van der Waals surface area contributed by atoms with Crippen LogP contribution in [0.2, 0.25) is 0 Å². The highest BCUT2D eigenvalue weighted by Gasteiger charge is 2.51. The van der Waals surface area contributed by atoms with Gasteiger partial charge in [-0.2, -0.15) is 0 Å². The van der Waals surface area contributed by atoms with Crippen molar-refractivity contribution in [1.82, 2.24) is 4.90 Å². The molecule has 5 rings (SSSR count). The van der Waals surface area contributed by atoms with Crippen LogP contribution in [-0.4, -0.2) is 69.1 Å². The number of hydrogen-bond acceptors (Lipinski definition) is 8. The van der Waals surface area contributed by atoms with Gasteiger partial charge in [-0.05, 0) is 120 Å². The molecule has 0 amide bonds. The van der Waals surface area contributed by atoms with E-state index in [0.717, 1.165) is 102 Å². The van der Waals surface area contributed by atoms with Crippen LogP contribution in [0.15, 0.2) is 24.3 Å². The molecular formula is C42H69NO7. The molecule has 50 heavy (non-hydrogen) atoms. The first-order chi connectivity index (χ1) is 24.4. The summed E-state index contributed by atoms with van der Waals surface area (Å²) in [4.78, 5) is 40.5. The SMILES string of the molecule is CCCCC/C=C\C/C=C\CCCCCCCC(=O)OCC(COC(=O)CC12CC3CC(CC(C3)C1)C2)COC(=O)OCC1CCN(CC)C1. The average Bonchev–Trinajstić information content (AvgIpc) is 3.56. The van der Waals surface area contributed by atoms with E-state index in [2.05, 4.69) is 43.1 Å². The molecule has 4 saturated carbocycles. The molecule has 0 aromatic heterocycles. The Morgan fingerprint density at radius 1 is 0.720 bits per heavy atom. The zero-order chi connectivity index (χ0) is 35.4. The monoisotopic (exact) mass is 700 g/mol. The summed E-state index contributed by atoms with van der Waals surface area (Å²) in [6.45, 7) is 7.74. The highest BCUT2D eigenvalue weighted by molar-refractivity contribution is 5.70. The zero-order valence-corrected chi connectivity index (χ0v) is 31.6. The molecule has 5 fully saturated rings. The van der Waals surface area contributed by atoms with Gasteiger partial charge in [0.05, 0.1) is 18.9 Å². The lowest BCUT2D eigenvalue weighted by Crippen LogP contribution is -2.47. The predicted molar refractivity (Wildman–Crippen MR) is 198 cm³/mol. The van der Waals surface area contributed by atoms with Gasteiger partial charge in [-0.3, -0.25) is 9.59 Å². The van der Waals surface area contributed by atoms with E-state index in [4.69, 9.17) is 18.9 Å². The Morgan fingerprint density at radius 2 is 1.32 bits per heavy atom. The van der Waals surface area contributed by atoms with Gasteiger partial charge in [0, 0.05) is 18.9 Å². The van der Waals surface area contributed by atoms with Crippen molar-refractivity contribution in [3.63, 3.8) is 0 Å². The van der Waals surface area contributed by atoms with Gasteiger partial charge >= 0.3 is 18.1 Å². The Morgan fingerprint density at radius 3 is 1.96 bits per heavy atom. The fourth-order valence-corrected chi connectivity index (χ4v) is 9.33. The van der Waals surface area contributed by atoms with Gasteiger partial charge in [0.25, 0.3) is 0 Å². The fraction of sp³-hybridized carbons (Fsp3) is 0.833. The number of allylic oxidation sites excluding steroid dienone is 4. The molecule has 4 bridgehead atoms. The van der Waals surface area contributed by atoms with Gasteiger partial charge in [0.2, 0.25) is 0 Å². The molecule has 0 aromatic carbocycles. The van der Waals surface area contributed by atoms with Crippen molar-refractivity contribution in [3.8, 4) is 0 Å². The number of ether oxygens (including phenoxy) is 4. The minimum absolute atomic E-state index is 0.0216. The molecule has 5 aliphatic rings. The van der Waals surface area contributed by atoms with Gasteiger partial charge in [-0.1, -0.05) is 70.3 Å². The van der Waals surface area contributed by atoms with Gasteiger partial charge in [-0.15, -0.1) is 0 Å². The third-order valence-corrected chi connectivity index (χ3v) is 11.7. The van der Waals surface area contributed by atoms with Crippen LogP contribution in [0, 0.1) is 35.0 Å². The van der Waals surface area contributed by atoms with Crippen LogP contribution in [0.3, 0.4) is 0 Å². The molecule has 0 aromatic rings. The molecular weight excluding hydrogens is 630 g/mol. The van der Waals surface area contributed by atoms with Crippen molar-refractivity contribution in [1.29, 1.82) is 0 Å². The number of rotatable bonds is 25. The molecule has 1 saturated heterocycles. The van der Waals surface area contributed by atoms with Crippen LogP contribution in [0.1, 0.15) is 142 Å². The molecule has 2 atom stereocenters. The molecule has 2 unspecified atom stereocenters. The Kier molecular flexibility index (Phi) is 18.2. The second-order valence-corrected chi connectivity index (χ2v) is 16.2. The van der Waals surface area contributed by atoms with E-state index in [0.29, 0.717) is 25.4 Å². The fourth-order valence-electron chi connectivity index (χ4n) is 9.33. The lowest BCUT2D eigenvalue weighted by Gasteiger charge is -2.56. The van der Waals surface area contributed by atoms with Crippen molar-refractivity contribution in [2.45, 2.75) is 142 Å². The number of carbonyl (C=O) groups excluding carboxylic acids is 3. The summed E-state index contributed by atoms with van der Waals surface area (Å²) in [5.74, 6) is 1.76. The minimum Gasteiger partial charge on any atom is -0.465 e. The van der Waals surface area contributed by atoms with Crippen LogP contribution in [0.4, 0.5) is 4.79 Å². The van der Waals surface area contributed by atoms with Crippen molar-refractivity contribution in [2.24, 2.45) is 35.0 Å². The normalized spacial score (nSPS) is 26.5. The van der Waals surface area contributed by atoms with Crippen molar-refractivity contribution in [3.05, 3.63) is 24.3 Å². The summed E-state index contributed by atoms with van der Waals surface area (Å²) in [5.41, 5.74) is 0.100. The van der Waals surface area contributed by atoms with Gasteiger partial charge in [0.15, 0.2) is 0 Å². The van der Waals surface area contributed by atoms with Crippen LogP contribution in [-0.2, 0) is 28.5 Å². The highest BCUT2D eigenvalue weighted by Crippen LogP contribution is 2.61. The van der Waals surface area contributed by atoms with Crippen molar-refractivity contribution < 1.29 is 33.3 Å². The minimum atomic E-state index is -0.721. The Labute approximate surface area is 303 Å². The third-order valence-electron chi connectivity index (χ3n) is 11.7. The standard InChI is InChI=1S/C42H69NO7/c1-3-5-6-7-8-9-10-11-12-13-14-15-16-17-18-19-39(44)47-31-38(33-50-41(46)49-30-34-20-21-43(4-2)29-34)32-48-40(45)28-42-25-35-22-36(26-42)24-37(23-35)27-42/h8-9,11-12,34-38H,3-7,10,13-33H2,1-2H3/b9-8-,12-11-. The summed E-state index contributed by atoms with van der Waals surface area (Å²) >= 11 is 0. The van der Waals surface area contributed by atoms with Crippen LogP contribution in [0.5, 0.6) is 0 Å². The van der Waals surface area contributed by atoms with E-state index in [9.17, 15) is 14.4 Å². The molecule has 1 heterocycles. The quantitative estimate of drug-likeness (QED) is 0.0403. The van der Waals surface area contributed by atoms with E-state index >= 15 is 0 Å². The number of hydrogen-bond donors (Lipinski definition) is 0. The van der Waals surface area contributed by atoms with Gasteiger partial charge < -0.3 is 23.8 Å². The molecule has 8 nitrogen and oxygen atoms in total. The average molecular weight is 700 g/mol. The summed E-state index contributed by atoms with van der Waals surface area (Å²) in [5, 5.41) is 0. The largest absolute Gasteiger partial charge is 0.508 e. The second kappa shape index (κ2) is 22.6. The maximum absolute atomic E-state index is 13.1. The summed E-state index contributed by atoms with van der Waals surface area (Å²) in [6.07, 6.45) is 30.1. The van der Waals surface area contributed by atoms with Crippen LogP contribution in [0.25, 0.3) is 0 Å². The number of likely N-dealkylation sites (tertiary alicyclic amines) is 1. The zero-order valence-electron chi connectivity index (χ0n) is 31.6. The number of nitrogens with zero attached hydrogens (tertiary/aromatic N) is 1. The first-order valence-corrected chi connectivity index (χ1v) is 20.5. The first-order valence-electron chi connectivity index (χ1n) is 20.5. The van der Waals surface area contributed by atoms with Gasteiger partial charge in [0.1, 0.15) is 19.8 Å². The maximum Gasteiger partial charge on any atom is 0.508 e. The van der Waals surface area contributed by atoms with Crippen LogP contribution >= 0.6 is 0 Å². The number of esters is 2. The Balaban J connectivity index is 1.10. The summed E-state index contributed by atoms with van der Waals surface area (Å²) in [7, 11) is 0. The third kappa shape index (κ3) is 15.1. The molecule has 4 aliphatic carbocycles. The lowest BCUT2D eigenvalue weighted by molar-refractivity contribution is -0.155. The topological polar surface area (TPSA) is 91.4 Å². The van der Waals surface area contributed by atoms with Crippen LogP contribution < -0.4 is 0 Å². The number of carbonyl (C=O) groups is 3. The molecule has 8 heteroatoms. The predicted octanol–water partition coefficient (Wildman–Crippen LogP) is 9.60. The molecule has 284 valence electrons. The van der Waals surface area contributed by atoms with E-state index in [1.165, 1.54) is 51.4 Å². The van der Waals surface area contributed by atoms with E-state index in [1.807, 2.05) is 0 Å². The smallest absolute Gasteiger partial charge is 0.465 e. The van der Waals surface area contributed by atoms with E-state index < -0.39 is 12.1 Å². The molecule has 0 N–H and O–H groups in total. The van der Waals surface area contributed by atoms with E-state index in [-0.39, 0.29) is 37.2 Å². The van der Waals surface area contributed by atoms with Crippen molar-refractivity contribution >= 4 is 18.1 Å². The molecule has 1 aliphatic heterocycles. The Hall–Kier alpha value is -2.35. The Bertz CT molecular complexity index is 1040. The maximum atomic E-state index is 13.1. The lowest BCUT2D eigenvalue weighted by atomic mass is 9.49. The summed E-state index contributed by atoms with van der Waals surface area (Å²) < 4.78 is 22.2. The van der Waals surface area contributed by atoms with Gasteiger partial charge in [-0.25, -0.2) is 4.79 Å². The van der Waals surface area contributed by atoms with Crippen molar-refractivity contribution in [2.75, 3.05) is 46.1 Å².